The summed E-state index contributed by atoms with van der Waals surface area (Å²) in [5.74, 6) is 0.603. The van der Waals surface area contributed by atoms with E-state index < -0.39 is 0 Å². The summed E-state index contributed by atoms with van der Waals surface area (Å²) in [4.78, 5) is 15.8. The Morgan fingerprint density at radius 3 is 2.76 bits per heavy atom. The lowest BCUT2D eigenvalue weighted by molar-refractivity contribution is 0.0954. The van der Waals surface area contributed by atoms with Crippen LogP contribution in [0, 0.1) is 11.3 Å². The molecule has 0 aliphatic carbocycles. The van der Waals surface area contributed by atoms with Crippen molar-refractivity contribution in [1.82, 2.24) is 10.3 Å². The highest BCUT2D eigenvalue weighted by Gasteiger charge is 2.06. The van der Waals surface area contributed by atoms with Crippen LogP contribution in [0.1, 0.15) is 21.6 Å². The van der Waals surface area contributed by atoms with Crippen LogP contribution in [0.5, 0.6) is 5.75 Å². The first kappa shape index (κ1) is 14.5. The van der Waals surface area contributed by atoms with Crippen LogP contribution < -0.4 is 10.1 Å². The Hall–Kier alpha value is -2.87. The normalized spacial score (nSPS) is 9.71. The molecule has 0 saturated carbocycles. The molecule has 1 aromatic heterocycles. The molecular weight excluding hydrogens is 266 g/mol. The Labute approximate surface area is 123 Å². The largest absolute Gasteiger partial charge is 0.497 e. The number of carbonyl (C=O) groups is 1. The fourth-order valence-corrected chi connectivity index (χ4v) is 1.85. The molecule has 0 aliphatic heterocycles. The summed E-state index contributed by atoms with van der Waals surface area (Å²) >= 11 is 0. The number of hydrogen-bond donors (Lipinski definition) is 1. The van der Waals surface area contributed by atoms with E-state index in [1.54, 1.807) is 13.2 Å². The van der Waals surface area contributed by atoms with Gasteiger partial charge in [-0.1, -0.05) is 12.1 Å². The van der Waals surface area contributed by atoms with Crippen LogP contribution in [0.25, 0.3) is 0 Å². The maximum atomic E-state index is 11.9. The molecule has 1 aromatic carbocycles. The first-order valence-corrected chi connectivity index (χ1v) is 6.50. The zero-order valence-electron chi connectivity index (χ0n) is 11.7. The Morgan fingerprint density at radius 1 is 1.33 bits per heavy atom. The number of rotatable bonds is 5. The number of methoxy groups -OCH3 is 1. The van der Waals surface area contributed by atoms with Gasteiger partial charge in [0, 0.05) is 18.3 Å². The highest BCUT2D eigenvalue weighted by Crippen LogP contribution is 2.11. The lowest BCUT2D eigenvalue weighted by atomic mass is 10.1. The average molecular weight is 281 g/mol. The van der Waals surface area contributed by atoms with E-state index in [-0.39, 0.29) is 11.6 Å². The van der Waals surface area contributed by atoms with E-state index >= 15 is 0 Å². The van der Waals surface area contributed by atoms with Crippen LogP contribution in [0.2, 0.25) is 0 Å². The predicted molar refractivity (Wildman–Crippen MR) is 78.0 cm³/mol. The second-order valence-electron chi connectivity index (χ2n) is 4.40. The van der Waals surface area contributed by atoms with E-state index in [9.17, 15) is 4.79 Å². The smallest absolute Gasteiger partial charge is 0.251 e. The molecule has 106 valence electrons. The van der Waals surface area contributed by atoms with Crippen molar-refractivity contribution in [2.75, 3.05) is 13.7 Å². The summed E-state index contributed by atoms with van der Waals surface area (Å²) < 4.78 is 5.09. The molecule has 1 N–H and O–H groups in total. The summed E-state index contributed by atoms with van der Waals surface area (Å²) in [5.41, 5.74) is 1.79. The van der Waals surface area contributed by atoms with E-state index in [1.807, 2.05) is 30.3 Å². The number of pyridine rings is 1. The SMILES string of the molecule is COc1ccc(CCNC(=O)c2ccnc(C#N)c2)cc1. The number of aromatic nitrogens is 1. The van der Waals surface area contributed by atoms with Gasteiger partial charge < -0.3 is 10.1 Å². The molecule has 0 fully saturated rings. The zero-order valence-corrected chi connectivity index (χ0v) is 11.7. The van der Waals surface area contributed by atoms with Crippen LogP contribution in [0.4, 0.5) is 0 Å². The number of nitriles is 1. The van der Waals surface area contributed by atoms with E-state index in [0.29, 0.717) is 12.1 Å². The van der Waals surface area contributed by atoms with Gasteiger partial charge in [-0.2, -0.15) is 5.26 Å². The van der Waals surface area contributed by atoms with Crippen LogP contribution in [-0.4, -0.2) is 24.5 Å². The van der Waals surface area contributed by atoms with Crippen molar-refractivity contribution in [2.45, 2.75) is 6.42 Å². The number of nitrogens with one attached hydrogen (secondary N) is 1. The molecule has 0 bridgehead atoms. The first-order valence-electron chi connectivity index (χ1n) is 6.50. The van der Waals surface area contributed by atoms with Crippen LogP contribution >= 0.6 is 0 Å². The molecule has 0 aliphatic rings. The number of amides is 1. The van der Waals surface area contributed by atoms with E-state index in [2.05, 4.69) is 10.3 Å². The second kappa shape index (κ2) is 7.06. The van der Waals surface area contributed by atoms with Gasteiger partial charge in [0.25, 0.3) is 5.91 Å². The van der Waals surface area contributed by atoms with Crippen molar-refractivity contribution >= 4 is 5.91 Å². The zero-order chi connectivity index (χ0) is 15.1. The summed E-state index contributed by atoms with van der Waals surface area (Å²) in [6.45, 7) is 0.523. The molecule has 21 heavy (non-hydrogen) atoms. The number of carbonyl (C=O) groups excluding carboxylic acids is 1. The van der Waals surface area contributed by atoms with Crippen molar-refractivity contribution in [3.05, 3.63) is 59.4 Å². The first-order chi connectivity index (χ1) is 10.2. The molecule has 0 unspecified atom stereocenters. The Kier molecular flexibility index (Phi) is 4.89. The van der Waals surface area contributed by atoms with Crippen LogP contribution in [0.15, 0.2) is 42.6 Å². The third-order valence-electron chi connectivity index (χ3n) is 2.99. The Balaban J connectivity index is 1.87. The fraction of sp³-hybridized carbons (Fsp3) is 0.188. The fourth-order valence-electron chi connectivity index (χ4n) is 1.85. The molecule has 0 atom stereocenters. The highest BCUT2D eigenvalue weighted by atomic mass is 16.5. The molecule has 1 amide bonds. The molecule has 0 spiro atoms. The van der Waals surface area contributed by atoms with E-state index in [1.165, 1.54) is 12.3 Å². The van der Waals surface area contributed by atoms with E-state index in [0.717, 1.165) is 17.7 Å². The summed E-state index contributed by atoms with van der Waals surface area (Å²) in [7, 11) is 1.62. The van der Waals surface area contributed by atoms with Gasteiger partial charge in [-0.15, -0.1) is 0 Å². The molecule has 0 radical (unpaired) electrons. The van der Waals surface area contributed by atoms with Crippen molar-refractivity contribution in [3.63, 3.8) is 0 Å². The average Bonchev–Trinajstić information content (AvgIpc) is 2.55. The quantitative estimate of drug-likeness (QED) is 0.908. The summed E-state index contributed by atoms with van der Waals surface area (Å²) in [6, 6.07) is 12.7. The minimum Gasteiger partial charge on any atom is -0.497 e. The van der Waals surface area contributed by atoms with Gasteiger partial charge >= 0.3 is 0 Å². The summed E-state index contributed by atoms with van der Waals surface area (Å²) in [5, 5.41) is 11.6. The Bertz CT molecular complexity index is 660. The predicted octanol–water partition coefficient (Wildman–Crippen LogP) is 1.93. The number of ether oxygens (including phenoxy) is 1. The minimum atomic E-state index is -0.206. The van der Waals surface area contributed by atoms with Crippen LogP contribution in [0.3, 0.4) is 0 Å². The summed E-state index contributed by atoms with van der Waals surface area (Å²) in [6.07, 6.45) is 2.18. The highest BCUT2D eigenvalue weighted by molar-refractivity contribution is 5.94. The van der Waals surface area contributed by atoms with Crippen molar-refractivity contribution in [1.29, 1.82) is 5.26 Å². The number of nitrogens with zero attached hydrogens (tertiary/aromatic N) is 2. The second-order valence-corrected chi connectivity index (χ2v) is 4.40. The van der Waals surface area contributed by atoms with Gasteiger partial charge in [-0.05, 0) is 36.2 Å². The van der Waals surface area contributed by atoms with Gasteiger partial charge in [-0.3, -0.25) is 4.79 Å². The molecule has 2 rings (SSSR count). The van der Waals surface area contributed by atoms with E-state index in [4.69, 9.17) is 10.00 Å². The third-order valence-corrected chi connectivity index (χ3v) is 2.99. The Morgan fingerprint density at radius 2 is 2.10 bits per heavy atom. The maximum Gasteiger partial charge on any atom is 0.251 e. The van der Waals surface area contributed by atoms with Crippen molar-refractivity contribution < 1.29 is 9.53 Å². The van der Waals surface area contributed by atoms with Crippen molar-refractivity contribution in [2.24, 2.45) is 0 Å². The van der Waals surface area contributed by atoms with Gasteiger partial charge in [0.05, 0.1) is 7.11 Å². The molecular formula is C16H15N3O2. The number of hydrogen-bond acceptors (Lipinski definition) is 4. The molecule has 2 aromatic rings. The topological polar surface area (TPSA) is 75.0 Å². The lowest BCUT2D eigenvalue weighted by Crippen LogP contribution is -2.25. The van der Waals surface area contributed by atoms with Gasteiger partial charge in [0.15, 0.2) is 0 Å². The van der Waals surface area contributed by atoms with Crippen LogP contribution in [-0.2, 0) is 6.42 Å². The standard InChI is InChI=1S/C16H15N3O2/c1-21-15-4-2-12(3-5-15)6-8-19-16(20)13-7-9-18-14(10-13)11-17/h2-5,7,9-10H,6,8H2,1H3,(H,19,20). The molecule has 1 heterocycles. The van der Waals surface area contributed by atoms with Gasteiger partial charge in [0.1, 0.15) is 17.5 Å². The lowest BCUT2D eigenvalue weighted by Gasteiger charge is -2.06. The maximum absolute atomic E-state index is 11.9. The molecule has 5 nitrogen and oxygen atoms in total. The monoisotopic (exact) mass is 281 g/mol. The molecule has 5 heteroatoms. The van der Waals surface area contributed by atoms with Gasteiger partial charge in [-0.25, -0.2) is 4.98 Å². The number of benzene rings is 1. The minimum absolute atomic E-state index is 0.206. The molecule has 0 saturated heterocycles. The van der Waals surface area contributed by atoms with Crippen molar-refractivity contribution in [3.8, 4) is 11.8 Å². The van der Waals surface area contributed by atoms with Gasteiger partial charge in [0.2, 0.25) is 0 Å². The third kappa shape index (κ3) is 4.05.